The Morgan fingerprint density at radius 2 is 1.68 bits per heavy atom. The van der Waals surface area contributed by atoms with Crippen LogP contribution in [0.2, 0.25) is 0 Å². The quantitative estimate of drug-likeness (QED) is 0.382. The zero-order chi connectivity index (χ0) is 23.8. The molecule has 0 unspecified atom stereocenters. The van der Waals surface area contributed by atoms with E-state index in [0.717, 1.165) is 38.1 Å². The highest BCUT2D eigenvalue weighted by atomic mass is 16.5. The van der Waals surface area contributed by atoms with Crippen LogP contribution in [0.25, 0.3) is 0 Å². The summed E-state index contributed by atoms with van der Waals surface area (Å²) >= 11 is 0. The molecular formula is C30H38N2O2. The fourth-order valence-corrected chi connectivity index (χ4v) is 5.47. The topological polar surface area (TPSA) is 53.5 Å². The van der Waals surface area contributed by atoms with Gasteiger partial charge in [-0.1, -0.05) is 86.1 Å². The number of aliphatic hydroxyl groups is 1. The van der Waals surface area contributed by atoms with Crippen LogP contribution in [-0.2, 0) is 13.0 Å². The summed E-state index contributed by atoms with van der Waals surface area (Å²) in [6, 6.07) is 28.5. The monoisotopic (exact) mass is 458 g/mol. The summed E-state index contributed by atoms with van der Waals surface area (Å²) in [6.07, 6.45) is 2.98. The van der Waals surface area contributed by atoms with Crippen molar-refractivity contribution in [1.82, 2.24) is 10.6 Å². The molecule has 1 saturated heterocycles. The lowest BCUT2D eigenvalue weighted by Gasteiger charge is -2.32. The number of methoxy groups -OCH3 is 1. The molecule has 3 aromatic rings. The summed E-state index contributed by atoms with van der Waals surface area (Å²) in [5.41, 5.74) is 5.16. The summed E-state index contributed by atoms with van der Waals surface area (Å²) in [5, 5.41) is 17.5. The first kappa shape index (κ1) is 24.5. The van der Waals surface area contributed by atoms with E-state index in [1.165, 1.54) is 22.3 Å². The molecule has 0 aromatic heterocycles. The van der Waals surface area contributed by atoms with E-state index in [9.17, 15) is 5.11 Å². The molecule has 1 aliphatic rings. The van der Waals surface area contributed by atoms with E-state index < -0.39 is 0 Å². The number of hydrogen-bond donors (Lipinski definition) is 3. The van der Waals surface area contributed by atoms with E-state index in [1.807, 2.05) is 0 Å². The van der Waals surface area contributed by atoms with Gasteiger partial charge >= 0.3 is 0 Å². The lowest BCUT2D eigenvalue weighted by Crippen LogP contribution is -2.46. The molecule has 3 aromatic carbocycles. The van der Waals surface area contributed by atoms with Gasteiger partial charge < -0.3 is 20.5 Å². The SMILES string of the molecule is CCCc1ccc(OC)c(CN[C@H]2[C@@H](CCO)CN[C@H]2C(c2ccccc2)c2ccccc2)c1. The fraction of sp³-hybridized carbons (Fsp3) is 0.400. The van der Waals surface area contributed by atoms with Crippen LogP contribution in [-0.4, -0.2) is 37.5 Å². The van der Waals surface area contributed by atoms with Crippen molar-refractivity contribution in [2.45, 2.75) is 50.7 Å². The molecule has 4 rings (SSSR count). The second-order valence-corrected chi connectivity index (χ2v) is 9.31. The first-order chi connectivity index (χ1) is 16.7. The lowest BCUT2D eigenvalue weighted by molar-refractivity contribution is 0.241. The predicted molar refractivity (Wildman–Crippen MR) is 139 cm³/mol. The van der Waals surface area contributed by atoms with Crippen LogP contribution in [0.5, 0.6) is 5.75 Å². The number of hydrogen-bond acceptors (Lipinski definition) is 4. The van der Waals surface area contributed by atoms with Crippen LogP contribution in [0.1, 0.15) is 47.9 Å². The Morgan fingerprint density at radius 1 is 1.00 bits per heavy atom. The molecule has 3 N–H and O–H groups in total. The lowest BCUT2D eigenvalue weighted by atomic mass is 9.80. The number of nitrogens with one attached hydrogen (secondary N) is 2. The van der Waals surface area contributed by atoms with Crippen molar-refractivity contribution < 1.29 is 9.84 Å². The summed E-state index contributed by atoms with van der Waals surface area (Å²) in [4.78, 5) is 0. The van der Waals surface area contributed by atoms with Gasteiger partial charge in [0.05, 0.1) is 7.11 Å². The van der Waals surface area contributed by atoms with Gasteiger partial charge in [-0.15, -0.1) is 0 Å². The van der Waals surface area contributed by atoms with E-state index in [0.29, 0.717) is 5.92 Å². The maximum absolute atomic E-state index is 9.79. The Hall–Kier alpha value is -2.66. The predicted octanol–water partition coefficient (Wildman–Crippen LogP) is 4.91. The third-order valence-corrected chi connectivity index (χ3v) is 7.10. The highest BCUT2D eigenvalue weighted by Gasteiger charge is 2.40. The molecule has 0 saturated carbocycles. The molecule has 4 nitrogen and oxygen atoms in total. The van der Waals surface area contributed by atoms with E-state index in [-0.39, 0.29) is 24.6 Å². The van der Waals surface area contributed by atoms with Gasteiger partial charge in [0, 0.05) is 36.7 Å². The van der Waals surface area contributed by atoms with Crippen LogP contribution in [0.15, 0.2) is 78.9 Å². The number of aliphatic hydroxyl groups excluding tert-OH is 1. The molecule has 0 bridgehead atoms. The van der Waals surface area contributed by atoms with E-state index >= 15 is 0 Å². The maximum Gasteiger partial charge on any atom is 0.123 e. The highest BCUT2D eigenvalue weighted by Crippen LogP contribution is 2.35. The molecule has 0 spiro atoms. The third kappa shape index (κ3) is 5.69. The van der Waals surface area contributed by atoms with Gasteiger partial charge in [-0.2, -0.15) is 0 Å². The maximum atomic E-state index is 9.79. The van der Waals surface area contributed by atoms with Crippen molar-refractivity contribution >= 4 is 0 Å². The van der Waals surface area contributed by atoms with Crippen LogP contribution in [0.4, 0.5) is 0 Å². The molecule has 1 aliphatic heterocycles. The first-order valence-corrected chi connectivity index (χ1v) is 12.6. The number of ether oxygens (including phenoxy) is 1. The van der Waals surface area contributed by atoms with Crippen molar-refractivity contribution in [3.05, 3.63) is 101 Å². The van der Waals surface area contributed by atoms with Gasteiger partial charge in [-0.25, -0.2) is 0 Å². The molecule has 0 aliphatic carbocycles. The van der Waals surface area contributed by atoms with Crippen molar-refractivity contribution in [2.24, 2.45) is 5.92 Å². The second-order valence-electron chi connectivity index (χ2n) is 9.31. The van der Waals surface area contributed by atoms with Crippen LogP contribution >= 0.6 is 0 Å². The highest BCUT2D eigenvalue weighted by molar-refractivity contribution is 5.38. The molecule has 1 fully saturated rings. The van der Waals surface area contributed by atoms with Crippen LogP contribution in [0, 0.1) is 5.92 Å². The number of benzene rings is 3. The summed E-state index contributed by atoms with van der Waals surface area (Å²) in [6.45, 7) is 4.05. The molecule has 34 heavy (non-hydrogen) atoms. The molecule has 180 valence electrons. The van der Waals surface area contributed by atoms with Gasteiger partial charge in [0.15, 0.2) is 0 Å². The third-order valence-electron chi connectivity index (χ3n) is 7.10. The summed E-state index contributed by atoms with van der Waals surface area (Å²) in [5.74, 6) is 1.50. The molecule has 1 heterocycles. The minimum Gasteiger partial charge on any atom is -0.496 e. The van der Waals surface area contributed by atoms with E-state index in [4.69, 9.17) is 4.74 Å². The van der Waals surface area contributed by atoms with Crippen molar-refractivity contribution in [2.75, 3.05) is 20.3 Å². The van der Waals surface area contributed by atoms with Gasteiger partial charge in [0.2, 0.25) is 0 Å². The van der Waals surface area contributed by atoms with Gasteiger partial charge in [-0.05, 0) is 48.1 Å². The molecule has 0 amide bonds. The molecule has 3 atom stereocenters. The van der Waals surface area contributed by atoms with Crippen LogP contribution in [0.3, 0.4) is 0 Å². The Morgan fingerprint density at radius 3 is 2.26 bits per heavy atom. The number of aryl methyl sites for hydroxylation is 1. The average Bonchev–Trinajstić information content (AvgIpc) is 3.26. The Balaban J connectivity index is 1.64. The smallest absolute Gasteiger partial charge is 0.123 e. The number of rotatable bonds is 11. The molecule has 4 heteroatoms. The van der Waals surface area contributed by atoms with Gasteiger partial charge in [0.1, 0.15) is 5.75 Å². The largest absolute Gasteiger partial charge is 0.496 e. The molecular weight excluding hydrogens is 420 g/mol. The second kappa shape index (κ2) is 12.2. The zero-order valence-corrected chi connectivity index (χ0v) is 20.4. The van der Waals surface area contributed by atoms with E-state index in [2.05, 4.69) is 96.4 Å². The fourth-order valence-electron chi connectivity index (χ4n) is 5.47. The van der Waals surface area contributed by atoms with Gasteiger partial charge in [0.25, 0.3) is 0 Å². The first-order valence-electron chi connectivity index (χ1n) is 12.6. The summed E-state index contributed by atoms with van der Waals surface area (Å²) < 4.78 is 5.69. The van der Waals surface area contributed by atoms with Crippen molar-refractivity contribution in [3.8, 4) is 5.75 Å². The Bertz CT molecular complexity index is 969. The minimum absolute atomic E-state index is 0.202. The standard InChI is InChI=1S/C30H38N2O2/c1-3-10-22-15-16-27(34-2)26(19-22)21-31-29-25(17-18-33)20-32-30(29)28(23-11-6-4-7-12-23)24-13-8-5-9-14-24/h4-9,11-16,19,25,28-33H,3,10,17-18,20-21H2,1-2H3/t25-,29-,30-/m0/s1. The Kier molecular flexibility index (Phi) is 8.75. The van der Waals surface area contributed by atoms with Crippen molar-refractivity contribution in [3.63, 3.8) is 0 Å². The minimum atomic E-state index is 0.202. The van der Waals surface area contributed by atoms with Crippen molar-refractivity contribution in [1.29, 1.82) is 0 Å². The van der Waals surface area contributed by atoms with Crippen LogP contribution < -0.4 is 15.4 Å². The van der Waals surface area contributed by atoms with Gasteiger partial charge in [-0.3, -0.25) is 0 Å². The zero-order valence-electron chi connectivity index (χ0n) is 20.4. The normalized spacial score (nSPS) is 20.1. The molecule has 0 radical (unpaired) electrons. The Labute approximate surface area is 204 Å². The van der Waals surface area contributed by atoms with E-state index in [1.54, 1.807) is 7.11 Å². The summed E-state index contributed by atoms with van der Waals surface area (Å²) in [7, 11) is 1.74. The average molecular weight is 459 g/mol.